The molecule has 0 bridgehead atoms. The minimum atomic E-state index is -0.970. The number of piperidine rings is 1. The van der Waals surface area contributed by atoms with Gasteiger partial charge in [0, 0.05) is 31.3 Å². The van der Waals surface area contributed by atoms with Crippen LogP contribution in [0, 0.1) is 0 Å². The lowest BCUT2D eigenvalue weighted by molar-refractivity contribution is -0.123. The quantitative estimate of drug-likeness (QED) is 0.830. The molecule has 0 aliphatic carbocycles. The molecule has 6 heteroatoms. The molecule has 3 N–H and O–H groups in total. The van der Waals surface area contributed by atoms with E-state index in [1.54, 1.807) is 13.0 Å². The Morgan fingerprint density at radius 3 is 2.89 bits per heavy atom. The van der Waals surface area contributed by atoms with Crippen LogP contribution in [0.2, 0.25) is 0 Å². The first-order chi connectivity index (χ1) is 8.99. The van der Waals surface area contributed by atoms with Crippen molar-refractivity contribution in [1.29, 1.82) is 0 Å². The average molecular weight is 267 g/mol. The molecule has 1 fully saturated rings. The smallest absolute Gasteiger partial charge is 0.247 e. The number of likely N-dealkylation sites (tertiary alicyclic amines) is 1. The molecule has 0 radical (unpaired) electrons. The van der Waals surface area contributed by atoms with E-state index in [2.05, 4.69) is 4.98 Å². The number of hydrogen-bond acceptors (Lipinski definition) is 3. The van der Waals surface area contributed by atoms with Gasteiger partial charge >= 0.3 is 0 Å². The Bertz CT molecular complexity index is 496. The van der Waals surface area contributed by atoms with E-state index >= 15 is 0 Å². The third kappa shape index (κ3) is 3.01. The number of carbonyl (C=O) groups is 1. The summed E-state index contributed by atoms with van der Waals surface area (Å²) in [5.41, 5.74) is 5.82. The van der Waals surface area contributed by atoms with E-state index in [-0.39, 0.29) is 11.5 Å². The molecule has 1 aromatic heterocycles. The number of hydrogen-bond donors (Lipinski definition) is 2. The maximum absolute atomic E-state index is 14.0. The summed E-state index contributed by atoms with van der Waals surface area (Å²) in [6.07, 6.45) is 0.932. The molecule has 1 unspecified atom stereocenters. The van der Waals surface area contributed by atoms with Crippen molar-refractivity contribution in [3.8, 4) is 0 Å². The lowest BCUT2D eigenvalue weighted by Gasteiger charge is -2.37. The van der Waals surface area contributed by atoms with E-state index in [4.69, 9.17) is 5.73 Å². The Hall–Kier alpha value is -1.69. The minimum Gasteiger partial charge on any atom is -0.368 e. The zero-order valence-electron chi connectivity index (χ0n) is 10.8. The minimum absolute atomic E-state index is 0.211. The van der Waals surface area contributed by atoms with Gasteiger partial charge in [-0.25, -0.2) is 4.39 Å². The number of aromatic nitrogens is 1. The van der Waals surface area contributed by atoms with Gasteiger partial charge in [-0.05, 0) is 18.9 Å². The van der Waals surface area contributed by atoms with E-state index in [9.17, 15) is 14.0 Å². The third-order valence-electron chi connectivity index (χ3n) is 3.76. The Balaban J connectivity index is 2.16. The summed E-state index contributed by atoms with van der Waals surface area (Å²) in [4.78, 5) is 26.7. The Morgan fingerprint density at radius 2 is 2.32 bits per heavy atom. The van der Waals surface area contributed by atoms with Crippen molar-refractivity contribution in [3.63, 3.8) is 0 Å². The lowest BCUT2D eigenvalue weighted by atomic mass is 9.89. The number of aromatic amines is 1. The second-order valence-electron chi connectivity index (χ2n) is 4.97. The van der Waals surface area contributed by atoms with Crippen molar-refractivity contribution in [2.75, 3.05) is 13.1 Å². The fourth-order valence-corrected chi connectivity index (χ4v) is 2.45. The van der Waals surface area contributed by atoms with Gasteiger partial charge in [-0.15, -0.1) is 0 Å². The number of amides is 1. The van der Waals surface area contributed by atoms with Gasteiger partial charge in [0.05, 0.1) is 6.04 Å². The van der Waals surface area contributed by atoms with Crippen LogP contribution in [0.4, 0.5) is 4.39 Å². The van der Waals surface area contributed by atoms with E-state index in [1.165, 1.54) is 12.3 Å². The molecule has 1 aliphatic rings. The molecular weight excluding hydrogens is 249 g/mol. The molecule has 0 saturated carbocycles. The van der Waals surface area contributed by atoms with Crippen LogP contribution in [0.3, 0.4) is 0 Å². The van der Waals surface area contributed by atoms with E-state index in [0.717, 1.165) is 5.56 Å². The van der Waals surface area contributed by atoms with Crippen LogP contribution >= 0.6 is 0 Å². The summed E-state index contributed by atoms with van der Waals surface area (Å²) >= 11 is 0. The summed E-state index contributed by atoms with van der Waals surface area (Å²) < 4.78 is 14.0. The van der Waals surface area contributed by atoms with E-state index < -0.39 is 18.1 Å². The Kier molecular flexibility index (Phi) is 3.99. The molecule has 2 rings (SSSR count). The second kappa shape index (κ2) is 5.52. The monoisotopic (exact) mass is 267 g/mol. The number of nitrogens with zero attached hydrogens (tertiary/aromatic N) is 1. The predicted molar refractivity (Wildman–Crippen MR) is 69.5 cm³/mol. The van der Waals surface area contributed by atoms with Gasteiger partial charge in [-0.1, -0.05) is 6.07 Å². The second-order valence-corrected chi connectivity index (χ2v) is 4.97. The highest BCUT2D eigenvalue weighted by Crippen LogP contribution is 2.29. The van der Waals surface area contributed by atoms with Crippen LogP contribution in [0.15, 0.2) is 23.1 Å². The molecule has 0 aromatic carbocycles. The largest absolute Gasteiger partial charge is 0.368 e. The zero-order chi connectivity index (χ0) is 14.0. The number of nitrogens with one attached hydrogen (secondary N) is 1. The van der Waals surface area contributed by atoms with Crippen LogP contribution in [0.25, 0.3) is 0 Å². The molecule has 104 valence electrons. The summed E-state index contributed by atoms with van der Waals surface area (Å²) in [6, 6.07) is 2.62. The highest BCUT2D eigenvalue weighted by atomic mass is 19.1. The number of carbonyl (C=O) groups excluding carboxylic acids is 1. The summed E-state index contributed by atoms with van der Waals surface area (Å²) in [5.74, 6) is -0.745. The number of halogens is 1. The zero-order valence-corrected chi connectivity index (χ0v) is 10.8. The van der Waals surface area contributed by atoms with Crippen molar-refractivity contribution in [2.24, 2.45) is 5.73 Å². The van der Waals surface area contributed by atoms with Gasteiger partial charge in [0.25, 0.3) is 0 Å². The fourth-order valence-electron chi connectivity index (χ4n) is 2.45. The molecular formula is C13H18FN3O2. The first-order valence-electron chi connectivity index (χ1n) is 6.35. The van der Waals surface area contributed by atoms with Crippen molar-refractivity contribution < 1.29 is 9.18 Å². The number of primary amides is 1. The van der Waals surface area contributed by atoms with Crippen molar-refractivity contribution in [2.45, 2.75) is 31.5 Å². The normalized spacial score (nSPS) is 26.0. The molecule has 1 aromatic rings. The van der Waals surface area contributed by atoms with Crippen LogP contribution in [-0.2, 0) is 4.79 Å². The molecule has 1 saturated heterocycles. The van der Waals surface area contributed by atoms with Crippen LogP contribution in [0.5, 0.6) is 0 Å². The summed E-state index contributed by atoms with van der Waals surface area (Å²) in [5, 5.41) is 0. The number of H-pyrrole nitrogens is 1. The van der Waals surface area contributed by atoms with Gasteiger partial charge in [0.15, 0.2) is 0 Å². The molecule has 0 spiro atoms. The molecule has 3 atom stereocenters. The van der Waals surface area contributed by atoms with Gasteiger partial charge in [0.2, 0.25) is 11.5 Å². The first kappa shape index (κ1) is 13.7. The van der Waals surface area contributed by atoms with E-state index in [1.807, 2.05) is 4.90 Å². The van der Waals surface area contributed by atoms with E-state index in [0.29, 0.717) is 19.5 Å². The highest BCUT2D eigenvalue weighted by molar-refractivity contribution is 5.79. The topological polar surface area (TPSA) is 79.2 Å². The molecule has 2 heterocycles. The van der Waals surface area contributed by atoms with Crippen LogP contribution in [-0.4, -0.2) is 41.1 Å². The highest BCUT2D eigenvalue weighted by Gasteiger charge is 2.33. The van der Waals surface area contributed by atoms with Crippen LogP contribution < -0.4 is 11.3 Å². The Labute approximate surface area is 110 Å². The van der Waals surface area contributed by atoms with Gasteiger partial charge in [-0.2, -0.15) is 0 Å². The maximum atomic E-state index is 14.0. The number of nitrogens with two attached hydrogens (primary N) is 1. The number of rotatable bonds is 3. The average Bonchev–Trinajstić information content (AvgIpc) is 2.39. The number of pyridine rings is 1. The van der Waals surface area contributed by atoms with Gasteiger partial charge < -0.3 is 10.7 Å². The summed E-state index contributed by atoms with van der Waals surface area (Å²) in [6.45, 7) is 2.67. The maximum Gasteiger partial charge on any atom is 0.247 e. The van der Waals surface area contributed by atoms with Crippen LogP contribution in [0.1, 0.15) is 24.8 Å². The molecule has 5 nitrogen and oxygen atoms in total. The molecule has 1 aliphatic heterocycles. The molecule has 19 heavy (non-hydrogen) atoms. The van der Waals surface area contributed by atoms with Gasteiger partial charge in [0.1, 0.15) is 6.17 Å². The van der Waals surface area contributed by atoms with Gasteiger partial charge in [-0.3, -0.25) is 14.5 Å². The third-order valence-corrected chi connectivity index (χ3v) is 3.76. The fraction of sp³-hybridized carbons (Fsp3) is 0.538. The predicted octanol–water partition coefficient (Wildman–Crippen LogP) is 0.376. The van der Waals surface area contributed by atoms with Crippen molar-refractivity contribution in [1.82, 2.24) is 9.88 Å². The standard InChI is InChI=1S/C13H18FN3O2/c1-8(13(15)19)17-5-4-11(14)10(7-17)9-2-3-12(18)16-6-9/h2-3,6,8,10-11H,4-5,7H2,1H3,(H2,15,19)(H,16,18)/t8?,10-,11+/m1/s1. The summed E-state index contributed by atoms with van der Waals surface area (Å²) in [7, 11) is 0. The Morgan fingerprint density at radius 1 is 1.58 bits per heavy atom. The SMILES string of the molecule is CC(C(N)=O)N1CC[C@H](F)[C@@H](c2ccc(=O)[nH]c2)C1. The molecule has 1 amide bonds. The lowest BCUT2D eigenvalue weighted by Crippen LogP contribution is -2.49. The van der Waals surface area contributed by atoms with Crippen molar-refractivity contribution in [3.05, 3.63) is 34.2 Å². The number of alkyl halides is 1. The van der Waals surface area contributed by atoms with Crippen molar-refractivity contribution >= 4 is 5.91 Å². The first-order valence-corrected chi connectivity index (χ1v) is 6.35.